The molecule has 0 unspecified atom stereocenters. The minimum Gasteiger partial charge on any atom is -0.483 e. The van der Waals surface area contributed by atoms with Gasteiger partial charge in [-0.3, -0.25) is 14.9 Å². The predicted molar refractivity (Wildman–Crippen MR) is 72.7 cm³/mol. The van der Waals surface area contributed by atoms with Gasteiger partial charge in [-0.2, -0.15) is 0 Å². The summed E-state index contributed by atoms with van der Waals surface area (Å²) in [5.41, 5.74) is 4.99. The van der Waals surface area contributed by atoms with Gasteiger partial charge < -0.3 is 15.8 Å². The van der Waals surface area contributed by atoms with Gasteiger partial charge in [-0.1, -0.05) is 0 Å². The minimum absolute atomic E-state index is 0.00789. The quantitative estimate of drug-likeness (QED) is 0.598. The van der Waals surface area contributed by atoms with Crippen LogP contribution in [-0.4, -0.2) is 30.5 Å². The molecule has 1 aromatic carbocycles. The Kier molecular flexibility index (Phi) is 4.19. The van der Waals surface area contributed by atoms with Gasteiger partial charge >= 0.3 is 5.69 Å². The topological polar surface area (TPSA) is 107 Å². The van der Waals surface area contributed by atoms with Crippen LogP contribution in [0.25, 0.3) is 0 Å². The number of nitrogens with zero attached hydrogens (tertiary/aromatic N) is 1. The Bertz CT molecular complexity index is 526. The van der Waals surface area contributed by atoms with Crippen LogP contribution in [0.3, 0.4) is 0 Å². The second kappa shape index (κ2) is 5.87. The highest BCUT2D eigenvalue weighted by Crippen LogP contribution is 2.35. The van der Waals surface area contributed by atoms with E-state index in [0.717, 1.165) is 25.5 Å². The summed E-state index contributed by atoms with van der Waals surface area (Å²) in [5.74, 6) is 0.0410. The Morgan fingerprint density at radius 2 is 2.25 bits per heavy atom. The maximum Gasteiger partial charge on any atom is 0.311 e. The molecule has 0 aliphatic heterocycles. The summed E-state index contributed by atoms with van der Waals surface area (Å²) in [4.78, 5) is 21.5. The summed E-state index contributed by atoms with van der Waals surface area (Å²) in [6.07, 6.45) is 1.73. The third kappa shape index (κ3) is 3.05. The number of nitrogens with one attached hydrogen (secondary N) is 1. The monoisotopic (exact) mass is 279 g/mol. The average Bonchev–Trinajstić information content (AvgIpc) is 2.36. The molecule has 7 nitrogen and oxygen atoms in total. The summed E-state index contributed by atoms with van der Waals surface area (Å²) in [7, 11) is 1.89. The molecule has 0 heterocycles. The van der Waals surface area contributed by atoms with Crippen molar-refractivity contribution in [2.45, 2.75) is 18.9 Å². The number of amides is 1. The first-order valence-corrected chi connectivity index (χ1v) is 6.40. The predicted octanol–water partition coefficient (Wildman–Crippen LogP) is 1.07. The van der Waals surface area contributed by atoms with Crippen molar-refractivity contribution in [3.8, 4) is 5.75 Å². The van der Waals surface area contributed by atoms with E-state index in [0.29, 0.717) is 5.92 Å². The molecule has 0 atom stereocenters. The number of ether oxygens (including phenoxy) is 1. The van der Waals surface area contributed by atoms with Gasteiger partial charge in [0.15, 0.2) is 5.75 Å². The van der Waals surface area contributed by atoms with E-state index in [1.165, 1.54) is 12.1 Å². The Hall–Kier alpha value is -2.15. The largest absolute Gasteiger partial charge is 0.483 e. The zero-order chi connectivity index (χ0) is 14.7. The second-order valence-electron chi connectivity index (χ2n) is 4.94. The molecular formula is C13H17N3O4. The molecule has 0 aromatic heterocycles. The minimum atomic E-state index is -0.697. The fourth-order valence-electron chi connectivity index (χ4n) is 2.32. The summed E-state index contributed by atoms with van der Waals surface area (Å²) in [5, 5.41) is 14.1. The normalized spacial score (nSPS) is 21.1. The Labute approximate surface area is 116 Å². The lowest BCUT2D eigenvalue weighted by Gasteiger charge is -2.35. The molecule has 7 heteroatoms. The maximum absolute atomic E-state index is 11.0. The van der Waals surface area contributed by atoms with E-state index in [2.05, 4.69) is 5.32 Å². The number of nitro groups is 1. The molecule has 2 rings (SSSR count). The molecule has 0 radical (unpaired) electrons. The number of hydrogen-bond acceptors (Lipinski definition) is 5. The van der Waals surface area contributed by atoms with Gasteiger partial charge in [-0.15, -0.1) is 0 Å². The molecule has 1 saturated carbocycles. The molecule has 108 valence electrons. The van der Waals surface area contributed by atoms with Crippen molar-refractivity contribution in [3.63, 3.8) is 0 Å². The zero-order valence-electron chi connectivity index (χ0n) is 11.2. The van der Waals surface area contributed by atoms with Crippen LogP contribution in [-0.2, 0) is 0 Å². The Morgan fingerprint density at radius 3 is 2.80 bits per heavy atom. The van der Waals surface area contributed by atoms with Crippen molar-refractivity contribution in [2.24, 2.45) is 11.7 Å². The van der Waals surface area contributed by atoms with Gasteiger partial charge in [-0.25, -0.2) is 0 Å². The number of carbonyl (C=O) groups excluding carboxylic acids is 1. The molecular weight excluding hydrogens is 262 g/mol. The van der Waals surface area contributed by atoms with E-state index in [-0.39, 0.29) is 23.1 Å². The van der Waals surface area contributed by atoms with E-state index >= 15 is 0 Å². The number of hydrogen-bond donors (Lipinski definition) is 2. The molecule has 20 heavy (non-hydrogen) atoms. The molecule has 1 aromatic rings. The maximum atomic E-state index is 11.0. The van der Waals surface area contributed by atoms with Crippen LogP contribution in [0.4, 0.5) is 5.69 Å². The third-order valence-electron chi connectivity index (χ3n) is 3.42. The van der Waals surface area contributed by atoms with E-state index in [9.17, 15) is 14.9 Å². The van der Waals surface area contributed by atoms with Crippen molar-refractivity contribution < 1.29 is 14.5 Å². The van der Waals surface area contributed by atoms with Crippen LogP contribution < -0.4 is 15.8 Å². The van der Waals surface area contributed by atoms with Gasteiger partial charge in [0.25, 0.3) is 0 Å². The fourth-order valence-corrected chi connectivity index (χ4v) is 2.32. The molecule has 0 saturated heterocycles. The van der Waals surface area contributed by atoms with Gasteiger partial charge in [0, 0.05) is 11.6 Å². The number of nitro benzene ring substituents is 1. The first kappa shape index (κ1) is 14.3. The Morgan fingerprint density at radius 1 is 1.55 bits per heavy atom. The van der Waals surface area contributed by atoms with Crippen LogP contribution in [0.5, 0.6) is 5.75 Å². The molecule has 1 aliphatic rings. The Balaban J connectivity index is 2.08. The van der Waals surface area contributed by atoms with Gasteiger partial charge in [0.1, 0.15) is 0 Å². The van der Waals surface area contributed by atoms with Crippen LogP contribution >= 0.6 is 0 Å². The lowest BCUT2D eigenvalue weighted by atomic mass is 9.82. The number of nitrogens with two attached hydrogens (primary N) is 1. The number of carbonyl (C=O) groups is 1. The van der Waals surface area contributed by atoms with Gasteiger partial charge in [-0.05, 0) is 44.5 Å². The molecule has 3 N–H and O–H groups in total. The van der Waals surface area contributed by atoms with E-state index < -0.39 is 10.8 Å². The van der Waals surface area contributed by atoms with Crippen LogP contribution in [0.15, 0.2) is 18.2 Å². The molecule has 0 bridgehead atoms. The fraction of sp³-hybridized carbons (Fsp3) is 0.462. The van der Waals surface area contributed by atoms with Crippen LogP contribution in [0.2, 0.25) is 0 Å². The van der Waals surface area contributed by atoms with E-state index in [1.54, 1.807) is 0 Å². The molecule has 1 amide bonds. The summed E-state index contributed by atoms with van der Waals surface area (Å²) in [6, 6.07) is 4.03. The summed E-state index contributed by atoms with van der Waals surface area (Å²) < 4.78 is 5.63. The highest BCUT2D eigenvalue weighted by Gasteiger charge is 2.32. The van der Waals surface area contributed by atoms with Crippen molar-refractivity contribution in [1.29, 1.82) is 0 Å². The van der Waals surface area contributed by atoms with Gasteiger partial charge in [0.05, 0.1) is 11.0 Å². The van der Waals surface area contributed by atoms with Gasteiger partial charge in [0.2, 0.25) is 5.91 Å². The standard InChI is InChI=1S/C13H17N3O4/c1-15-7-8-4-10(5-8)20-12-3-2-9(13(14)17)6-11(12)16(18)19/h2-3,6,8,10,15H,4-5,7H2,1H3,(H2,14,17). The summed E-state index contributed by atoms with van der Waals surface area (Å²) in [6.45, 7) is 0.919. The first-order chi connectivity index (χ1) is 9.51. The average molecular weight is 279 g/mol. The van der Waals surface area contributed by atoms with Crippen LogP contribution in [0.1, 0.15) is 23.2 Å². The van der Waals surface area contributed by atoms with E-state index in [1.807, 2.05) is 7.05 Å². The highest BCUT2D eigenvalue weighted by molar-refractivity contribution is 5.93. The van der Waals surface area contributed by atoms with Crippen molar-refractivity contribution in [1.82, 2.24) is 5.32 Å². The SMILES string of the molecule is CNCC1CC(Oc2ccc(C(N)=O)cc2[N+](=O)[O-])C1. The van der Waals surface area contributed by atoms with Crippen molar-refractivity contribution >= 4 is 11.6 Å². The van der Waals surface area contributed by atoms with Crippen molar-refractivity contribution in [2.75, 3.05) is 13.6 Å². The molecule has 0 spiro atoms. The number of primary amides is 1. The van der Waals surface area contributed by atoms with Crippen LogP contribution in [0, 0.1) is 16.0 Å². The lowest BCUT2D eigenvalue weighted by Crippen LogP contribution is -2.38. The second-order valence-corrected chi connectivity index (χ2v) is 4.94. The number of benzene rings is 1. The molecule has 1 fully saturated rings. The zero-order valence-corrected chi connectivity index (χ0v) is 11.2. The third-order valence-corrected chi connectivity index (χ3v) is 3.42. The molecule has 1 aliphatic carbocycles. The lowest BCUT2D eigenvalue weighted by molar-refractivity contribution is -0.386. The van der Waals surface area contributed by atoms with E-state index in [4.69, 9.17) is 10.5 Å². The first-order valence-electron chi connectivity index (χ1n) is 6.40. The van der Waals surface area contributed by atoms with Crippen molar-refractivity contribution in [3.05, 3.63) is 33.9 Å². The summed E-state index contributed by atoms with van der Waals surface area (Å²) >= 11 is 0. The highest BCUT2D eigenvalue weighted by atomic mass is 16.6. The number of rotatable bonds is 6. The smallest absolute Gasteiger partial charge is 0.311 e.